The van der Waals surface area contributed by atoms with Crippen molar-refractivity contribution in [3.63, 3.8) is 0 Å². The summed E-state index contributed by atoms with van der Waals surface area (Å²) in [5.74, 6) is 7.38. The van der Waals surface area contributed by atoms with Gasteiger partial charge in [0.05, 0.1) is 19.8 Å². The highest BCUT2D eigenvalue weighted by Crippen LogP contribution is 2.30. The first-order valence-electron chi connectivity index (χ1n) is 6.62. The summed E-state index contributed by atoms with van der Waals surface area (Å²) in [6, 6.07) is 15.6. The van der Waals surface area contributed by atoms with Gasteiger partial charge < -0.3 is 9.47 Å². The third-order valence-corrected chi connectivity index (χ3v) is 3.12. The topological polar surface area (TPSA) is 56.5 Å². The van der Waals surface area contributed by atoms with Crippen LogP contribution in [0.15, 0.2) is 48.5 Å². The summed E-state index contributed by atoms with van der Waals surface area (Å²) in [6.07, 6.45) is 0. The predicted molar refractivity (Wildman–Crippen MR) is 79.8 cm³/mol. The summed E-state index contributed by atoms with van der Waals surface area (Å²) in [5, 5.41) is 0. The molecule has 0 bridgehead atoms. The minimum atomic E-state index is -0.146. The van der Waals surface area contributed by atoms with Crippen molar-refractivity contribution in [3.05, 3.63) is 59.7 Å². The zero-order valence-corrected chi connectivity index (χ0v) is 11.8. The van der Waals surface area contributed by atoms with Crippen molar-refractivity contribution >= 4 is 0 Å². The zero-order chi connectivity index (χ0) is 14.4. The van der Waals surface area contributed by atoms with E-state index in [2.05, 4.69) is 5.43 Å². The number of nitrogens with two attached hydrogens (primary N) is 1. The van der Waals surface area contributed by atoms with Gasteiger partial charge in [-0.05, 0) is 30.7 Å². The Morgan fingerprint density at radius 3 is 2.65 bits per heavy atom. The summed E-state index contributed by atoms with van der Waals surface area (Å²) in [7, 11) is 1.65. The second-order valence-electron chi connectivity index (χ2n) is 4.35. The average Bonchev–Trinajstić information content (AvgIpc) is 2.50. The highest BCUT2D eigenvalue weighted by Gasteiger charge is 2.17. The van der Waals surface area contributed by atoms with Crippen LogP contribution in [0.5, 0.6) is 11.5 Å². The molecule has 0 saturated carbocycles. The van der Waals surface area contributed by atoms with Gasteiger partial charge in [-0.3, -0.25) is 5.84 Å². The molecule has 1 atom stereocenters. The van der Waals surface area contributed by atoms with Crippen LogP contribution in [0.4, 0.5) is 0 Å². The summed E-state index contributed by atoms with van der Waals surface area (Å²) in [5.41, 5.74) is 4.88. The van der Waals surface area contributed by atoms with Crippen molar-refractivity contribution in [2.45, 2.75) is 13.0 Å². The fourth-order valence-corrected chi connectivity index (χ4v) is 2.19. The maximum atomic E-state index is 5.75. The van der Waals surface area contributed by atoms with E-state index in [1.165, 1.54) is 0 Å². The lowest BCUT2D eigenvalue weighted by Gasteiger charge is -2.20. The molecule has 2 aromatic carbocycles. The number of hydrogen-bond acceptors (Lipinski definition) is 4. The normalized spacial score (nSPS) is 11.9. The van der Waals surface area contributed by atoms with Crippen LogP contribution in [-0.4, -0.2) is 13.7 Å². The zero-order valence-electron chi connectivity index (χ0n) is 11.8. The SMILES string of the molecule is CCOc1ccccc1C(NN)c1cccc(OC)c1. The van der Waals surface area contributed by atoms with Gasteiger partial charge in [-0.2, -0.15) is 0 Å². The quantitative estimate of drug-likeness (QED) is 0.627. The molecule has 2 aromatic rings. The second kappa shape index (κ2) is 6.93. The summed E-state index contributed by atoms with van der Waals surface area (Å²) in [4.78, 5) is 0. The molecule has 0 aromatic heterocycles. The Hall–Kier alpha value is -2.04. The molecule has 106 valence electrons. The molecule has 0 heterocycles. The van der Waals surface area contributed by atoms with Gasteiger partial charge in [0.1, 0.15) is 11.5 Å². The number of benzene rings is 2. The molecular weight excluding hydrogens is 252 g/mol. The van der Waals surface area contributed by atoms with Gasteiger partial charge in [0.25, 0.3) is 0 Å². The van der Waals surface area contributed by atoms with Crippen molar-refractivity contribution in [1.29, 1.82) is 0 Å². The number of methoxy groups -OCH3 is 1. The molecule has 0 radical (unpaired) electrons. The Morgan fingerprint density at radius 1 is 1.15 bits per heavy atom. The molecule has 3 N–H and O–H groups in total. The minimum absolute atomic E-state index is 0.146. The smallest absolute Gasteiger partial charge is 0.124 e. The Morgan fingerprint density at radius 2 is 1.95 bits per heavy atom. The number of hydrogen-bond donors (Lipinski definition) is 2. The van der Waals surface area contributed by atoms with Crippen molar-refractivity contribution in [2.75, 3.05) is 13.7 Å². The molecule has 0 aliphatic heterocycles. The van der Waals surface area contributed by atoms with Gasteiger partial charge in [-0.15, -0.1) is 0 Å². The van der Waals surface area contributed by atoms with Gasteiger partial charge in [0, 0.05) is 5.56 Å². The lowest BCUT2D eigenvalue weighted by molar-refractivity contribution is 0.333. The molecule has 0 aliphatic rings. The number of rotatable bonds is 6. The van der Waals surface area contributed by atoms with Crippen molar-refractivity contribution in [3.8, 4) is 11.5 Å². The Kier molecular flexibility index (Phi) is 4.98. The van der Waals surface area contributed by atoms with Crippen LogP contribution in [-0.2, 0) is 0 Å². The van der Waals surface area contributed by atoms with Crippen LogP contribution in [0.25, 0.3) is 0 Å². The summed E-state index contributed by atoms with van der Waals surface area (Å²) >= 11 is 0. The standard InChI is InChI=1S/C16H20N2O2/c1-3-20-15-10-5-4-9-14(15)16(18-17)12-7-6-8-13(11-12)19-2/h4-11,16,18H,3,17H2,1-2H3. The number of nitrogens with one attached hydrogen (secondary N) is 1. The van der Waals surface area contributed by atoms with E-state index in [-0.39, 0.29) is 6.04 Å². The third-order valence-electron chi connectivity index (χ3n) is 3.12. The Labute approximate surface area is 119 Å². The molecule has 4 nitrogen and oxygen atoms in total. The maximum Gasteiger partial charge on any atom is 0.124 e. The van der Waals surface area contributed by atoms with Crippen LogP contribution in [0, 0.1) is 0 Å². The Balaban J connectivity index is 2.41. The Bertz CT molecular complexity index is 558. The molecule has 0 spiro atoms. The molecule has 0 amide bonds. The predicted octanol–water partition coefficient (Wildman–Crippen LogP) is 2.65. The first-order valence-corrected chi connectivity index (χ1v) is 6.62. The number of ether oxygens (including phenoxy) is 2. The van der Waals surface area contributed by atoms with Gasteiger partial charge in [0.2, 0.25) is 0 Å². The highest BCUT2D eigenvalue weighted by molar-refractivity contribution is 5.43. The molecule has 0 saturated heterocycles. The first-order chi connectivity index (χ1) is 9.80. The molecule has 1 unspecified atom stereocenters. The van der Waals surface area contributed by atoms with E-state index in [1.807, 2.05) is 55.5 Å². The molecular formula is C16H20N2O2. The van der Waals surface area contributed by atoms with Gasteiger partial charge in [-0.1, -0.05) is 30.3 Å². The second-order valence-corrected chi connectivity index (χ2v) is 4.35. The third kappa shape index (κ3) is 3.10. The van der Waals surface area contributed by atoms with Gasteiger partial charge in [0.15, 0.2) is 0 Å². The lowest BCUT2D eigenvalue weighted by Crippen LogP contribution is -2.29. The van der Waals surface area contributed by atoms with Crippen LogP contribution < -0.4 is 20.7 Å². The fraction of sp³-hybridized carbons (Fsp3) is 0.250. The van der Waals surface area contributed by atoms with E-state index in [0.29, 0.717) is 6.61 Å². The van der Waals surface area contributed by atoms with Crippen LogP contribution in [0.2, 0.25) is 0 Å². The van der Waals surface area contributed by atoms with E-state index in [4.69, 9.17) is 15.3 Å². The lowest BCUT2D eigenvalue weighted by atomic mass is 9.98. The summed E-state index contributed by atoms with van der Waals surface area (Å²) < 4.78 is 10.9. The largest absolute Gasteiger partial charge is 0.497 e. The molecule has 4 heteroatoms. The number of hydrazine groups is 1. The van der Waals surface area contributed by atoms with Gasteiger partial charge in [-0.25, -0.2) is 5.43 Å². The van der Waals surface area contributed by atoms with Crippen LogP contribution in [0.1, 0.15) is 24.1 Å². The fourth-order valence-electron chi connectivity index (χ4n) is 2.19. The summed E-state index contributed by atoms with van der Waals surface area (Å²) in [6.45, 7) is 2.58. The van der Waals surface area contributed by atoms with Crippen molar-refractivity contribution in [2.24, 2.45) is 5.84 Å². The van der Waals surface area contributed by atoms with Crippen LogP contribution >= 0.6 is 0 Å². The first kappa shape index (κ1) is 14.4. The monoisotopic (exact) mass is 272 g/mol. The van der Waals surface area contributed by atoms with E-state index < -0.39 is 0 Å². The van der Waals surface area contributed by atoms with Crippen molar-refractivity contribution < 1.29 is 9.47 Å². The maximum absolute atomic E-state index is 5.75. The van der Waals surface area contributed by atoms with E-state index in [0.717, 1.165) is 22.6 Å². The van der Waals surface area contributed by atoms with Crippen LogP contribution in [0.3, 0.4) is 0 Å². The average molecular weight is 272 g/mol. The van der Waals surface area contributed by atoms with Crippen molar-refractivity contribution in [1.82, 2.24) is 5.43 Å². The molecule has 20 heavy (non-hydrogen) atoms. The molecule has 0 fully saturated rings. The number of para-hydroxylation sites is 1. The van der Waals surface area contributed by atoms with E-state index in [9.17, 15) is 0 Å². The highest BCUT2D eigenvalue weighted by atomic mass is 16.5. The molecule has 2 rings (SSSR count). The van der Waals surface area contributed by atoms with E-state index in [1.54, 1.807) is 7.11 Å². The molecule has 0 aliphatic carbocycles. The van der Waals surface area contributed by atoms with Gasteiger partial charge >= 0.3 is 0 Å². The van der Waals surface area contributed by atoms with E-state index >= 15 is 0 Å². The minimum Gasteiger partial charge on any atom is -0.497 e.